The molecule has 0 aliphatic carbocycles. The van der Waals surface area contributed by atoms with Gasteiger partial charge < -0.3 is 14.2 Å². The molecule has 3 aromatic rings. The van der Waals surface area contributed by atoms with Crippen LogP contribution < -0.4 is 4.90 Å². The van der Waals surface area contributed by atoms with Crippen LogP contribution in [0.15, 0.2) is 53.2 Å². The molecule has 2 aromatic carbocycles. The Morgan fingerprint density at radius 2 is 1.95 bits per heavy atom. The van der Waals surface area contributed by atoms with E-state index in [2.05, 4.69) is 12.1 Å². The van der Waals surface area contributed by atoms with Crippen LogP contribution in [0.3, 0.4) is 0 Å². The summed E-state index contributed by atoms with van der Waals surface area (Å²) < 4.78 is 5.99. The summed E-state index contributed by atoms with van der Waals surface area (Å²) in [6.45, 7) is 2.00. The summed E-state index contributed by atoms with van der Waals surface area (Å²) >= 11 is 0. The summed E-state index contributed by atoms with van der Waals surface area (Å²) in [7, 11) is 2.00. The zero-order valence-electron chi connectivity index (χ0n) is 10.8. The van der Waals surface area contributed by atoms with Crippen LogP contribution in [-0.2, 0) is 20.1 Å². The van der Waals surface area contributed by atoms with Crippen LogP contribution in [0.4, 0.5) is 5.69 Å². The second-order valence-electron chi connectivity index (χ2n) is 4.65. The number of furan rings is 1. The van der Waals surface area contributed by atoms with E-state index >= 15 is 0 Å². The third kappa shape index (κ3) is 1.92. The van der Waals surface area contributed by atoms with Crippen LogP contribution in [-0.4, -0.2) is 11.9 Å². The van der Waals surface area contributed by atoms with E-state index in [4.69, 9.17) is 4.42 Å². The minimum absolute atomic E-state index is 0. The first kappa shape index (κ1) is 13.2. The van der Waals surface area contributed by atoms with Gasteiger partial charge in [-0.1, -0.05) is 29.3 Å². The third-order valence-corrected chi connectivity index (χ3v) is 3.35. The number of hydrogen-bond donors (Lipinski definition) is 0. The molecule has 20 heavy (non-hydrogen) atoms. The minimum atomic E-state index is 0. The predicted molar refractivity (Wildman–Crippen MR) is 76.2 cm³/mol. The Balaban J connectivity index is 0.00000121. The first-order chi connectivity index (χ1) is 9.33. The molecule has 0 amide bonds. The SMILES string of the molecule is CN1C=CN(c2[c-]ccc3c2oc2ccccc23)[CH-]1.[Ir]. The van der Waals surface area contributed by atoms with Gasteiger partial charge in [0.1, 0.15) is 5.58 Å². The van der Waals surface area contributed by atoms with E-state index in [1.807, 2.05) is 66.2 Å². The molecule has 0 saturated carbocycles. The van der Waals surface area contributed by atoms with Crippen LogP contribution in [0.5, 0.6) is 0 Å². The molecule has 0 N–H and O–H groups in total. The van der Waals surface area contributed by atoms with Crippen LogP contribution in [0.1, 0.15) is 0 Å². The Hall–Kier alpha value is -1.77. The van der Waals surface area contributed by atoms with E-state index in [0.717, 1.165) is 27.6 Å². The van der Waals surface area contributed by atoms with E-state index in [-0.39, 0.29) is 20.1 Å². The van der Waals surface area contributed by atoms with Gasteiger partial charge in [0, 0.05) is 31.1 Å². The van der Waals surface area contributed by atoms with Gasteiger partial charge in [-0.25, -0.2) is 0 Å². The number of rotatable bonds is 1. The maximum atomic E-state index is 5.99. The molecular formula is C16H12IrN2O-2. The van der Waals surface area contributed by atoms with Crippen molar-refractivity contribution < 1.29 is 24.5 Å². The van der Waals surface area contributed by atoms with Crippen molar-refractivity contribution in [2.45, 2.75) is 0 Å². The van der Waals surface area contributed by atoms with Crippen molar-refractivity contribution in [2.75, 3.05) is 11.9 Å². The molecule has 1 aliphatic heterocycles. The van der Waals surface area contributed by atoms with Crippen molar-refractivity contribution in [3.63, 3.8) is 0 Å². The van der Waals surface area contributed by atoms with Crippen molar-refractivity contribution in [3.05, 3.63) is 61.5 Å². The monoisotopic (exact) mass is 441 g/mol. The van der Waals surface area contributed by atoms with Crippen molar-refractivity contribution in [1.82, 2.24) is 4.90 Å². The third-order valence-electron chi connectivity index (χ3n) is 3.35. The number of anilines is 1. The van der Waals surface area contributed by atoms with Crippen molar-refractivity contribution in [1.29, 1.82) is 0 Å². The normalized spacial score (nSPS) is 14.2. The average Bonchev–Trinajstić information content (AvgIpc) is 3.02. The number of benzene rings is 2. The summed E-state index contributed by atoms with van der Waals surface area (Å²) in [5.74, 6) is 0. The first-order valence-corrected chi connectivity index (χ1v) is 6.18. The molecule has 0 atom stereocenters. The van der Waals surface area contributed by atoms with Crippen LogP contribution in [0, 0.1) is 12.7 Å². The van der Waals surface area contributed by atoms with Crippen LogP contribution in [0.25, 0.3) is 21.9 Å². The summed E-state index contributed by atoms with van der Waals surface area (Å²) in [4.78, 5) is 4.01. The quantitative estimate of drug-likeness (QED) is 0.538. The first-order valence-electron chi connectivity index (χ1n) is 6.18. The van der Waals surface area contributed by atoms with Crippen molar-refractivity contribution in [3.8, 4) is 0 Å². The van der Waals surface area contributed by atoms with Crippen LogP contribution >= 0.6 is 0 Å². The Bertz CT molecular complexity index is 793. The molecule has 0 saturated heterocycles. The van der Waals surface area contributed by atoms with E-state index < -0.39 is 0 Å². The zero-order valence-corrected chi connectivity index (χ0v) is 13.2. The second kappa shape index (κ2) is 4.97. The molecule has 0 unspecified atom stereocenters. The Morgan fingerprint density at radius 1 is 1.10 bits per heavy atom. The second-order valence-corrected chi connectivity index (χ2v) is 4.65. The molecule has 1 aliphatic rings. The maximum absolute atomic E-state index is 5.99. The molecule has 1 aromatic heterocycles. The zero-order chi connectivity index (χ0) is 12.8. The molecule has 4 rings (SSSR count). The molecule has 103 valence electrons. The summed E-state index contributed by atoms with van der Waals surface area (Å²) in [5.41, 5.74) is 2.73. The fourth-order valence-electron chi connectivity index (χ4n) is 2.45. The van der Waals surface area contributed by atoms with E-state index in [9.17, 15) is 0 Å². The van der Waals surface area contributed by atoms with E-state index in [1.165, 1.54) is 0 Å². The molecule has 3 nitrogen and oxygen atoms in total. The summed E-state index contributed by atoms with van der Waals surface area (Å²) in [5, 5.41) is 2.27. The Morgan fingerprint density at radius 3 is 2.75 bits per heavy atom. The van der Waals surface area contributed by atoms with Crippen molar-refractivity contribution >= 4 is 27.6 Å². The maximum Gasteiger partial charge on any atom is 0.116 e. The Labute approximate surface area is 130 Å². The molecule has 0 spiro atoms. The molecule has 4 heteroatoms. The van der Waals surface area contributed by atoms with Gasteiger partial charge in [-0.15, -0.1) is 0 Å². The van der Waals surface area contributed by atoms with Gasteiger partial charge in [-0.2, -0.15) is 24.9 Å². The van der Waals surface area contributed by atoms with Gasteiger partial charge in [-0.3, -0.25) is 0 Å². The number of fused-ring (bicyclic) bond motifs is 3. The number of hydrogen-bond acceptors (Lipinski definition) is 3. The largest absolute Gasteiger partial charge is 0.514 e. The van der Waals surface area contributed by atoms with Gasteiger partial charge >= 0.3 is 0 Å². The average molecular weight is 441 g/mol. The molecule has 1 radical (unpaired) electrons. The standard InChI is InChI=1S/C16H12N2O.Ir/c1-17-9-10-18(11-17)14-7-4-6-13-12-5-2-3-8-15(12)19-16(13)14;/h2-6,8-11H,1H3;/q-2;. The van der Waals surface area contributed by atoms with Gasteiger partial charge in [0.15, 0.2) is 0 Å². The van der Waals surface area contributed by atoms with Gasteiger partial charge in [-0.05, 0) is 25.5 Å². The van der Waals surface area contributed by atoms with Crippen molar-refractivity contribution in [2.24, 2.45) is 0 Å². The topological polar surface area (TPSA) is 19.6 Å². The van der Waals surface area contributed by atoms with Gasteiger partial charge in [0.25, 0.3) is 0 Å². The molecule has 0 bridgehead atoms. The molecule has 2 heterocycles. The molecule has 0 fully saturated rings. The van der Waals surface area contributed by atoms with E-state index in [1.54, 1.807) is 0 Å². The minimum Gasteiger partial charge on any atom is -0.514 e. The fourth-order valence-corrected chi connectivity index (χ4v) is 2.45. The summed E-state index contributed by atoms with van der Waals surface area (Å²) in [6.07, 6.45) is 3.99. The van der Waals surface area contributed by atoms with Crippen LogP contribution in [0.2, 0.25) is 0 Å². The predicted octanol–water partition coefficient (Wildman–Crippen LogP) is 3.73. The van der Waals surface area contributed by atoms with Gasteiger partial charge in [0.05, 0.1) is 0 Å². The van der Waals surface area contributed by atoms with Gasteiger partial charge in [0.2, 0.25) is 0 Å². The molecular weight excluding hydrogens is 428 g/mol. The fraction of sp³-hybridized carbons (Fsp3) is 0.0625. The number of nitrogens with zero attached hydrogens (tertiary/aromatic N) is 2. The number of para-hydroxylation sites is 1. The summed E-state index contributed by atoms with van der Waals surface area (Å²) in [6, 6.07) is 15.4. The Kier molecular flexibility index (Phi) is 3.28. The van der Waals surface area contributed by atoms with E-state index in [0.29, 0.717) is 0 Å². The smallest absolute Gasteiger partial charge is 0.116 e.